The second-order valence-electron chi connectivity index (χ2n) is 8.49. The van der Waals surface area contributed by atoms with Gasteiger partial charge in [0.25, 0.3) is 0 Å². The molecule has 0 spiro atoms. The summed E-state index contributed by atoms with van der Waals surface area (Å²) in [6.45, 7) is 14.5. The molecule has 0 aromatic heterocycles. The smallest absolute Gasteiger partial charge is 0.0171 e. The van der Waals surface area contributed by atoms with Gasteiger partial charge in [-0.1, -0.05) is 111 Å². The molecule has 0 N–H and O–H groups in total. The van der Waals surface area contributed by atoms with Crippen molar-refractivity contribution in [1.82, 2.24) is 4.90 Å². The summed E-state index contributed by atoms with van der Waals surface area (Å²) in [6, 6.07) is 0. The maximum Gasteiger partial charge on any atom is 0.0171 e. The van der Waals surface area contributed by atoms with Gasteiger partial charge in [0.1, 0.15) is 0 Å². The van der Waals surface area contributed by atoms with E-state index in [1.807, 2.05) is 0 Å². The zero-order valence-electron chi connectivity index (χ0n) is 17.7. The van der Waals surface area contributed by atoms with Gasteiger partial charge in [-0.05, 0) is 18.3 Å². The highest BCUT2D eigenvalue weighted by Gasteiger charge is 2.05. The summed E-state index contributed by atoms with van der Waals surface area (Å²) in [5.41, 5.74) is 1.28. The summed E-state index contributed by atoms with van der Waals surface area (Å²) >= 11 is 0. The van der Waals surface area contributed by atoms with Crippen molar-refractivity contribution in [2.24, 2.45) is 11.8 Å². The third-order valence-electron chi connectivity index (χ3n) is 5.18. The molecule has 0 aliphatic heterocycles. The van der Waals surface area contributed by atoms with Crippen LogP contribution in [0.4, 0.5) is 0 Å². The summed E-state index contributed by atoms with van der Waals surface area (Å²) in [6.07, 6.45) is 18.6. The van der Waals surface area contributed by atoms with Gasteiger partial charge in [-0.25, -0.2) is 0 Å². The van der Waals surface area contributed by atoms with Gasteiger partial charge in [0.2, 0.25) is 0 Å². The standard InChI is InChI=1S/C23H47N/c1-21(2)19-17-15-13-11-9-7-8-10-12-14-16-18-20-24(6)23(5)22(3)4/h21-22H,5,7-20H2,1-4,6H3. The molecule has 24 heavy (non-hydrogen) atoms. The van der Waals surface area contributed by atoms with Gasteiger partial charge in [0.15, 0.2) is 0 Å². The lowest BCUT2D eigenvalue weighted by atomic mass is 10.0. The molecule has 0 heterocycles. The third-order valence-corrected chi connectivity index (χ3v) is 5.18. The Balaban J connectivity index is 3.19. The number of rotatable bonds is 17. The Morgan fingerprint density at radius 3 is 1.42 bits per heavy atom. The van der Waals surface area contributed by atoms with Crippen LogP contribution in [-0.2, 0) is 0 Å². The zero-order chi connectivity index (χ0) is 18.2. The molecule has 0 fully saturated rings. The third kappa shape index (κ3) is 15.1. The Morgan fingerprint density at radius 1 is 0.667 bits per heavy atom. The highest BCUT2D eigenvalue weighted by molar-refractivity contribution is 4.95. The van der Waals surface area contributed by atoms with E-state index in [0.717, 1.165) is 5.92 Å². The van der Waals surface area contributed by atoms with E-state index in [1.165, 1.54) is 95.7 Å². The summed E-state index contributed by atoms with van der Waals surface area (Å²) < 4.78 is 0. The van der Waals surface area contributed by atoms with E-state index in [4.69, 9.17) is 0 Å². The Kier molecular flexibility index (Phi) is 15.7. The van der Waals surface area contributed by atoms with E-state index in [1.54, 1.807) is 0 Å². The molecule has 1 nitrogen and oxygen atoms in total. The first-order valence-corrected chi connectivity index (χ1v) is 10.8. The minimum atomic E-state index is 0.574. The minimum Gasteiger partial charge on any atom is -0.378 e. The van der Waals surface area contributed by atoms with E-state index in [2.05, 4.69) is 46.2 Å². The van der Waals surface area contributed by atoms with Crippen LogP contribution in [0.15, 0.2) is 12.3 Å². The maximum atomic E-state index is 4.17. The van der Waals surface area contributed by atoms with Crippen molar-refractivity contribution in [3.8, 4) is 0 Å². The average Bonchev–Trinajstić information content (AvgIpc) is 2.53. The Bertz CT molecular complexity index is 280. The summed E-state index contributed by atoms with van der Waals surface area (Å²) in [5.74, 6) is 1.46. The summed E-state index contributed by atoms with van der Waals surface area (Å²) in [7, 11) is 2.19. The molecule has 0 aliphatic carbocycles. The van der Waals surface area contributed by atoms with Crippen molar-refractivity contribution >= 4 is 0 Å². The second kappa shape index (κ2) is 16.0. The molecule has 144 valence electrons. The van der Waals surface area contributed by atoms with Crippen LogP contribution in [0.2, 0.25) is 0 Å². The predicted molar refractivity (Wildman–Crippen MR) is 111 cm³/mol. The molecular formula is C23H47N. The monoisotopic (exact) mass is 337 g/mol. The molecule has 0 amide bonds. The Labute approximate surface area is 154 Å². The topological polar surface area (TPSA) is 3.24 Å². The van der Waals surface area contributed by atoms with Crippen molar-refractivity contribution in [1.29, 1.82) is 0 Å². The maximum absolute atomic E-state index is 4.17. The van der Waals surface area contributed by atoms with Crippen LogP contribution in [-0.4, -0.2) is 18.5 Å². The fourth-order valence-corrected chi connectivity index (χ4v) is 3.25. The zero-order valence-corrected chi connectivity index (χ0v) is 17.7. The van der Waals surface area contributed by atoms with Crippen molar-refractivity contribution in [3.63, 3.8) is 0 Å². The fourth-order valence-electron chi connectivity index (χ4n) is 3.25. The number of unbranched alkanes of at least 4 members (excludes halogenated alkanes) is 11. The normalized spacial score (nSPS) is 11.5. The number of hydrogen-bond acceptors (Lipinski definition) is 1. The molecular weight excluding hydrogens is 290 g/mol. The quantitative estimate of drug-likeness (QED) is 0.244. The van der Waals surface area contributed by atoms with Gasteiger partial charge in [-0.15, -0.1) is 0 Å². The van der Waals surface area contributed by atoms with Crippen molar-refractivity contribution < 1.29 is 0 Å². The van der Waals surface area contributed by atoms with Crippen LogP contribution < -0.4 is 0 Å². The van der Waals surface area contributed by atoms with Gasteiger partial charge < -0.3 is 4.90 Å². The molecule has 0 saturated carbocycles. The minimum absolute atomic E-state index is 0.574. The second-order valence-corrected chi connectivity index (χ2v) is 8.49. The van der Waals surface area contributed by atoms with E-state index in [-0.39, 0.29) is 0 Å². The van der Waals surface area contributed by atoms with Crippen LogP contribution in [0.25, 0.3) is 0 Å². The summed E-state index contributed by atoms with van der Waals surface area (Å²) in [4.78, 5) is 2.34. The Morgan fingerprint density at radius 2 is 1.04 bits per heavy atom. The average molecular weight is 338 g/mol. The molecule has 1 heteroatoms. The molecule has 0 bridgehead atoms. The van der Waals surface area contributed by atoms with Crippen LogP contribution in [0, 0.1) is 11.8 Å². The number of allylic oxidation sites excluding steroid dienone is 1. The number of hydrogen-bond donors (Lipinski definition) is 0. The predicted octanol–water partition coefficient (Wildman–Crippen LogP) is 7.82. The van der Waals surface area contributed by atoms with Crippen molar-refractivity contribution in [2.45, 2.75) is 111 Å². The van der Waals surface area contributed by atoms with Crippen molar-refractivity contribution in [2.75, 3.05) is 13.6 Å². The van der Waals surface area contributed by atoms with Gasteiger partial charge >= 0.3 is 0 Å². The van der Waals surface area contributed by atoms with Crippen LogP contribution in [0.3, 0.4) is 0 Å². The van der Waals surface area contributed by atoms with Gasteiger partial charge in [0, 0.05) is 19.3 Å². The van der Waals surface area contributed by atoms with E-state index < -0.39 is 0 Å². The van der Waals surface area contributed by atoms with Crippen molar-refractivity contribution in [3.05, 3.63) is 12.3 Å². The molecule has 0 radical (unpaired) electrons. The molecule has 0 aliphatic rings. The highest BCUT2D eigenvalue weighted by atomic mass is 15.1. The van der Waals surface area contributed by atoms with E-state index in [0.29, 0.717) is 5.92 Å². The first kappa shape index (κ1) is 23.5. The first-order chi connectivity index (χ1) is 11.4. The van der Waals surface area contributed by atoms with Crippen LogP contribution in [0.5, 0.6) is 0 Å². The lowest BCUT2D eigenvalue weighted by molar-refractivity contribution is 0.362. The largest absolute Gasteiger partial charge is 0.378 e. The first-order valence-electron chi connectivity index (χ1n) is 10.8. The molecule has 0 saturated heterocycles. The molecule has 0 unspecified atom stereocenters. The molecule has 0 atom stereocenters. The molecule has 0 aromatic rings. The van der Waals surface area contributed by atoms with Gasteiger partial charge in [-0.3, -0.25) is 0 Å². The summed E-state index contributed by atoms with van der Waals surface area (Å²) in [5, 5.41) is 0. The lowest BCUT2D eigenvalue weighted by Crippen LogP contribution is -2.21. The SMILES string of the molecule is C=C(C(C)C)N(C)CCCCCCCCCCCCCCC(C)C. The number of nitrogens with zero attached hydrogens (tertiary/aromatic N) is 1. The molecule has 0 rings (SSSR count). The Hall–Kier alpha value is -0.460. The van der Waals surface area contributed by atoms with Gasteiger partial charge in [-0.2, -0.15) is 0 Å². The van der Waals surface area contributed by atoms with Crippen LogP contribution >= 0.6 is 0 Å². The fraction of sp³-hybridized carbons (Fsp3) is 0.913. The van der Waals surface area contributed by atoms with Crippen LogP contribution in [0.1, 0.15) is 111 Å². The van der Waals surface area contributed by atoms with E-state index >= 15 is 0 Å². The van der Waals surface area contributed by atoms with Gasteiger partial charge in [0.05, 0.1) is 0 Å². The lowest BCUT2D eigenvalue weighted by Gasteiger charge is -2.24. The van der Waals surface area contributed by atoms with E-state index in [9.17, 15) is 0 Å². The molecule has 0 aromatic carbocycles. The highest BCUT2D eigenvalue weighted by Crippen LogP contribution is 2.15.